The van der Waals surface area contributed by atoms with Gasteiger partial charge in [0.2, 0.25) is 0 Å². The molecule has 5 heteroatoms. The summed E-state index contributed by atoms with van der Waals surface area (Å²) in [4.78, 5) is 24.7. The van der Waals surface area contributed by atoms with Gasteiger partial charge < -0.3 is 4.74 Å². The minimum atomic E-state index is -0.360. The lowest BCUT2D eigenvalue weighted by Crippen LogP contribution is -2.25. The summed E-state index contributed by atoms with van der Waals surface area (Å²) in [6.07, 6.45) is 4.39. The third-order valence-corrected chi connectivity index (χ3v) is 5.73. The molecule has 2 aromatic carbocycles. The number of para-hydroxylation sites is 1. The van der Waals surface area contributed by atoms with Gasteiger partial charge in [-0.15, -0.1) is 0 Å². The molecule has 1 atom stereocenters. The van der Waals surface area contributed by atoms with Crippen molar-refractivity contribution >= 4 is 11.8 Å². The molecule has 1 heterocycles. The number of nitrogens with zero attached hydrogens (tertiary/aromatic N) is 2. The first-order valence-corrected chi connectivity index (χ1v) is 10.6. The molecule has 5 nitrogen and oxygen atoms in total. The van der Waals surface area contributed by atoms with Crippen LogP contribution >= 0.6 is 0 Å². The third-order valence-electron chi connectivity index (χ3n) is 5.73. The maximum Gasteiger partial charge on any atom is 0.341 e. The first-order chi connectivity index (χ1) is 14.7. The van der Waals surface area contributed by atoms with E-state index in [2.05, 4.69) is 24.2 Å². The second kappa shape index (κ2) is 9.08. The van der Waals surface area contributed by atoms with E-state index in [0.717, 1.165) is 23.4 Å². The number of aromatic nitrogens is 2. The number of ketones is 1. The van der Waals surface area contributed by atoms with Crippen molar-refractivity contribution in [3.63, 3.8) is 0 Å². The number of esters is 1. The smallest absolute Gasteiger partial charge is 0.341 e. The molecule has 0 aliphatic heterocycles. The molecule has 30 heavy (non-hydrogen) atoms. The normalized spacial score (nSPS) is 15.7. The predicted molar refractivity (Wildman–Crippen MR) is 115 cm³/mol. The molecule has 154 valence electrons. The molecular formula is C25H26N2O3. The van der Waals surface area contributed by atoms with Crippen molar-refractivity contribution in [2.45, 2.75) is 51.0 Å². The van der Waals surface area contributed by atoms with Crippen LogP contribution in [0.25, 0.3) is 5.69 Å². The summed E-state index contributed by atoms with van der Waals surface area (Å²) in [5.74, 6) is -0.111. The van der Waals surface area contributed by atoms with Gasteiger partial charge in [-0.2, -0.15) is 5.10 Å². The number of benzene rings is 2. The average Bonchev–Trinajstić information content (AvgIpc) is 3.22. The van der Waals surface area contributed by atoms with Crippen molar-refractivity contribution in [1.82, 2.24) is 9.78 Å². The van der Waals surface area contributed by atoms with Crippen LogP contribution < -0.4 is 0 Å². The van der Waals surface area contributed by atoms with E-state index in [-0.39, 0.29) is 23.8 Å². The zero-order valence-corrected chi connectivity index (χ0v) is 17.2. The Hall–Kier alpha value is -3.21. The molecule has 1 aliphatic carbocycles. The molecule has 0 spiro atoms. The van der Waals surface area contributed by atoms with E-state index in [1.807, 2.05) is 53.2 Å². The number of Topliss-reactive ketones (excluding diaryl/α,β-unsaturated/α-hetero) is 1. The summed E-state index contributed by atoms with van der Waals surface area (Å²) in [6, 6.07) is 20.0. The fourth-order valence-electron chi connectivity index (χ4n) is 4.14. The van der Waals surface area contributed by atoms with E-state index in [9.17, 15) is 9.59 Å². The summed E-state index contributed by atoms with van der Waals surface area (Å²) in [7, 11) is 0. The van der Waals surface area contributed by atoms with Crippen LogP contribution in [-0.4, -0.2) is 27.6 Å². The van der Waals surface area contributed by atoms with E-state index >= 15 is 0 Å². The molecule has 1 aliphatic rings. The van der Waals surface area contributed by atoms with Gasteiger partial charge in [0.1, 0.15) is 17.5 Å². The highest BCUT2D eigenvalue weighted by molar-refractivity contribution is 5.91. The number of hydrogen-bond acceptors (Lipinski definition) is 4. The lowest BCUT2D eigenvalue weighted by atomic mass is 9.90. The van der Waals surface area contributed by atoms with Gasteiger partial charge in [0.05, 0.1) is 17.6 Å². The number of carbonyl (C=O) groups excluding carboxylic acids is 2. The van der Waals surface area contributed by atoms with Crippen LogP contribution in [0.1, 0.15) is 66.6 Å². The van der Waals surface area contributed by atoms with Crippen LogP contribution in [0.2, 0.25) is 0 Å². The zero-order valence-electron chi connectivity index (χ0n) is 17.2. The Morgan fingerprint density at radius 1 is 1.07 bits per heavy atom. The summed E-state index contributed by atoms with van der Waals surface area (Å²) in [6.45, 7) is 2.11. The lowest BCUT2D eigenvalue weighted by Gasteiger charge is -2.23. The van der Waals surface area contributed by atoms with Gasteiger partial charge in [0, 0.05) is 18.8 Å². The Labute approximate surface area is 176 Å². The van der Waals surface area contributed by atoms with E-state index < -0.39 is 0 Å². The number of carbonyl (C=O) groups is 2. The number of ether oxygens (including phenoxy) is 1. The first kappa shape index (κ1) is 20.1. The summed E-state index contributed by atoms with van der Waals surface area (Å²) < 4.78 is 7.65. The standard InChI is InChI=1S/C25H26N2O3/c1-2-22(18-9-5-3-6-10-18)24-23(17-26-27(24)19-11-7-4-8-12-19)25(29)30-21-15-13-20(28)14-16-21/h3-12,17,21-22H,2,13-16H2,1H3. The molecule has 0 saturated heterocycles. The van der Waals surface area contributed by atoms with Gasteiger partial charge in [0.15, 0.2) is 0 Å². The largest absolute Gasteiger partial charge is 0.459 e. The zero-order chi connectivity index (χ0) is 20.9. The molecule has 4 rings (SSSR count). The van der Waals surface area contributed by atoms with Crippen LogP contribution in [0.15, 0.2) is 66.9 Å². The maximum absolute atomic E-state index is 13.2. The highest BCUT2D eigenvalue weighted by Crippen LogP contribution is 2.33. The highest BCUT2D eigenvalue weighted by Gasteiger charge is 2.29. The van der Waals surface area contributed by atoms with Crippen molar-refractivity contribution < 1.29 is 14.3 Å². The minimum Gasteiger partial charge on any atom is -0.459 e. The Balaban J connectivity index is 1.72. The molecule has 3 aromatic rings. The van der Waals surface area contributed by atoms with Gasteiger partial charge in [-0.3, -0.25) is 4.79 Å². The monoisotopic (exact) mass is 402 g/mol. The Morgan fingerprint density at radius 3 is 2.33 bits per heavy atom. The van der Waals surface area contributed by atoms with Crippen molar-refractivity contribution in [2.75, 3.05) is 0 Å². The van der Waals surface area contributed by atoms with Crippen molar-refractivity contribution in [3.8, 4) is 5.69 Å². The second-order valence-corrected chi connectivity index (χ2v) is 7.71. The summed E-state index contributed by atoms with van der Waals surface area (Å²) in [5, 5.41) is 4.57. The Kier molecular flexibility index (Phi) is 6.07. The molecule has 1 aromatic heterocycles. The molecule has 0 amide bonds. The Morgan fingerprint density at radius 2 is 1.70 bits per heavy atom. The quantitative estimate of drug-likeness (QED) is 0.539. The predicted octanol–water partition coefficient (Wildman–Crippen LogP) is 5.08. The molecule has 0 bridgehead atoms. The van der Waals surface area contributed by atoms with Crippen molar-refractivity contribution in [3.05, 3.63) is 83.7 Å². The SMILES string of the molecule is CCC(c1ccccc1)c1c(C(=O)OC2CCC(=O)CC2)cnn1-c1ccccc1. The molecule has 0 radical (unpaired) electrons. The second-order valence-electron chi connectivity index (χ2n) is 7.71. The summed E-state index contributed by atoms with van der Waals surface area (Å²) in [5.41, 5.74) is 3.37. The van der Waals surface area contributed by atoms with Gasteiger partial charge in [-0.25, -0.2) is 9.48 Å². The van der Waals surface area contributed by atoms with E-state index in [1.165, 1.54) is 0 Å². The molecule has 1 fully saturated rings. The number of hydrogen-bond donors (Lipinski definition) is 0. The van der Waals surface area contributed by atoms with Crippen molar-refractivity contribution in [1.29, 1.82) is 0 Å². The molecular weight excluding hydrogens is 376 g/mol. The topological polar surface area (TPSA) is 61.2 Å². The van der Waals surface area contributed by atoms with Crippen LogP contribution in [0, 0.1) is 0 Å². The lowest BCUT2D eigenvalue weighted by molar-refractivity contribution is -0.122. The van der Waals surface area contributed by atoms with Gasteiger partial charge in [0.25, 0.3) is 0 Å². The van der Waals surface area contributed by atoms with E-state index in [4.69, 9.17) is 4.74 Å². The summed E-state index contributed by atoms with van der Waals surface area (Å²) >= 11 is 0. The molecule has 1 saturated carbocycles. The van der Waals surface area contributed by atoms with Gasteiger partial charge >= 0.3 is 5.97 Å². The van der Waals surface area contributed by atoms with Crippen LogP contribution in [-0.2, 0) is 9.53 Å². The average molecular weight is 402 g/mol. The molecule has 1 unspecified atom stereocenters. The minimum absolute atomic E-state index is 0.00406. The maximum atomic E-state index is 13.2. The molecule has 0 N–H and O–H groups in total. The number of rotatable bonds is 6. The van der Waals surface area contributed by atoms with Crippen LogP contribution in [0.3, 0.4) is 0 Å². The van der Waals surface area contributed by atoms with Crippen molar-refractivity contribution in [2.24, 2.45) is 0 Å². The van der Waals surface area contributed by atoms with Crippen LogP contribution in [0.5, 0.6) is 0 Å². The fraction of sp³-hybridized carbons (Fsp3) is 0.320. The van der Waals surface area contributed by atoms with Crippen LogP contribution in [0.4, 0.5) is 0 Å². The Bertz CT molecular complexity index is 1000. The van der Waals surface area contributed by atoms with E-state index in [0.29, 0.717) is 31.2 Å². The first-order valence-electron chi connectivity index (χ1n) is 10.6. The fourth-order valence-corrected chi connectivity index (χ4v) is 4.14. The highest BCUT2D eigenvalue weighted by atomic mass is 16.5. The van der Waals surface area contributed by atoms with E-state index in [1.54, 1.807) is 6.20 Å². The van der Waals surface area contributed by atoms with Gasteiger partial charge in [-0.05, 0) is 37.0 Å². The third kappa shape index (κ3) is 4.20. The van der Waals surface area contributed by atoms with Gasteiger partial charge in [-0.1, -0.05) is 55.5 Å².